The molecule has 0 saturated heterocycles. The van der Waals surface area contributed by atoms with Crippen LogP contribution >= 0.6 is 15.9 Å². The van der Waals surface area contributed by atoms with Crippen molar-refractivity contribution < 1.29 is 9.47 Å². The Morgan fingerprint density at radius 3 is 2.15 bits per heavy atom. The third kappa shape index (κ3) is 6.79. The van der Waals surface area contributed by atoms with Gasteiger partial charge in [-0.3, -0.25) is 0 Å². The van der Waals surface area contributed by atoms with E-state index >= 15 is 0 Å². The first-order valence-corrected chi connectivity index (χ1v) is 10.9. The molecule has 0 bridgehead atoms. The molecule has 0 aliphatic rings. The van der Waals surface area contributed by atoms with Crippen LogP contribution in [0.4, 0.5) is 0 Å². The molecule has 0 aromatic heterocycles. The van der Waals surface area contributed by atoms with Crippen molar-refractivity contribution in [3.05, 3.63) is 22.7 Å². The molecule has 0 amide bonds. The van der Waals surface area contributed by atoms with Crippen LogP contribution in [-0.2, 0) is 0 Å². The third-order valence-electron chi connectivity index (χ3n) is 5.96. The van der Waals surface area contributed by atoms with E-state index in [0.29, 0.717) is 0 Å². The quantitative estimate of drug-likeness (QED) is 0.333. The van der Waals surface area contributed by atoms with Crippen molar-refractivity contribution in [2.24, 2.45) is 10.8 Å². The molecule has 0 fully saturated rings. The molecule has 1 atom stereocenters. The van der Waals surface area contributed by atoms with Crippen LogP contribution in [0.2, 0.25) is 0 Å². The minimum Gasteiger partial charge on any atom is -0.495 e. The standard InChI is InChI=1S/C23H39BrO2/c1-8-9-10-11-12-13-14-21(23(5,6)22(2,3)4)26-18-15-16-19(24)20(17-18)25-7/h15-17,21H,8-14H2,1-7H3. The molecule has 1 aromatic carbocycles. The molecule has 0 aliphatic heterocycles. The van der Waals surface area contributed by atoms with Crippen molar-refractivity contribution in [3.63, 3.8) is 0 Å². The van der Waals surface area contributed by atoms with E-state index in [1.807, 2.05) is 18.2 Å². The zero-order valence-corrected chi connectivity index (χ0v) is 19.5. The second kappa shape index (κ2) is 10.6. The van der Waals surface area contributed by atoms with Gasteiger partial charge in [0, 0.05) is 11.5 Å². The number of rotatable bonds is 11. The first-order valence-electron chi connectivity index (χ1n) is 10.1. The Bertz CT molecular complexity index is 531. The van der Waals surface area contributed by atoms with Gasteiger partial charge in [0.1, 0.15) is 17.6 Å². The summed E-state index contributed by atoms with van der Waals surface area (Å²) in [5, 5.41) is 0. The summed E-state index contributed by atoms with van der Waals surface area (Å²) >= 11 is 3.52. The minimum atomic E-state index is 0.0662. The summed E-state index contributed by atoms with van der Waals surface area (Å²) in [6.45, 7) is 13.9. The highest BCUT2D eigenvalue weighted by molar-refractivity contribution is 9.10. The molecule has 3 heteroatoms. The topological polar surface area (TPSA) is 18.5 Å². The molecule has 0 saturated carbocycles. The maximum atomic E-state index is 6.53. The average molecular weight is 427 g/mol. The van der Waals surface area contributed by atoms with Gasteiger partial charge >= 0.3 is 0 Å². The van der Waals surface area contributed by atoms with Crippen LogP contribution < -0.4 is 9.47 Å². The van der Waals surface area contributed by atoms with Crippen LogP contribution in [-0.4, -0.2) is 13.2 Å². The lowest BCUT2D eigenvalue weighted by molar-refractivity contribution is -0.0167. The molecule has 1 unspecified atom stereocenters. The average Bonchev–Trinajstić information content (AvgIpc) is 2.57. The molecule has 0 aliphatic carbocycles. The molecule has 0 heterocycles. The Kier molecular flexibility index (Phi) is 9.50. The van der Waals surface area contributed by atoms with Crippen LogP contribution in [0, 0.1) is 10.8 Å². The molecule has 150 valence electrons. The Hall–Kier alpha value is -0.700. The molecular weight excluding hydrogens is 388 g/mol. The normalized spacial score (nSPS) is 13.5. The van der Waals surface area contributed by atoms with Gasteiger partial charge in [-0.05, 0) is 46.3 Å². The Balaban J connectivity index is 2.84. The fraction of sp³-hybridized carbons (Fsp3) is 0.739. The van der Waals surface area contributed by atoms with E-state index in [2.05, 4.69) is 57.5 Å². The summed E-state index contributed by atoms with van der Waals surface area (Å²) in [6.07, 6.45) is 9.14. The van der Waals surface area contributed by atoms with Crippen molar-refractivity contribution in [1.29, 1.82) is 0 Å². The zero-order valence-electron chi connectivity index (χ0n) is 18.0. The summed E-state index contributed by atoms with van der Waals surface area (Å²) in [5.41, 5.74) is 0.232. The predicted molar refractivity (Wildman–Crippen MR) is 116 cm³/mol. The highest BCUT2D eigenvalue weighted by atomic mass is 79.9. The maximum Gasteiger partial charge on any atom is 0.136 e. The molecule has 1 aromatic rings. The summed E-state index contributed by atoms with van der Waals surface area (Å²) in [6, 6.07) is 6.01. The Labute approximate surface area is 170 Å². The van der Waals surface area contributed by atoms with Gasteiger partial charge in [-0.2, -0.15) is 0 Å². The van der Waals surface area contributed by atoms with Gasteiger partial charge in [-0.25, -0.2) is 0 Å². The first-order chi connectivity index (χ1) is 12.1. The molecule has 0 spiro atoms. The second-order valence-electron chi connectivity index (χ2n) is 8.93. The zero-order chi connectivity index (χ0) is 19.8. The number of benzene rings is 1. The van der Waals surface area contributed by atoms with Gasteiger partial charge in [-0.1, -0.05) is 73.6 Å². The Morgan fingerprint density at radius 1 is 0.962 bits per heavy atom. The van der Waals surface area contributed by atoms with Gasteiger partial charge in [0.05, 0.1) is 11.6 Å². The highest BCUT2D eigenvalue weighted by Crippen LogP contribution is 2.44. The number of hydrogen-bond donors (Lipinski definition) is 0. The van der Waals surface area contributed by atoms with Gasteiger partial charge < -0.3 is 9.47 Å². The molecule has 2 nitrogen and oxygen atoms in total. The van der Waals surface area contributed by atoms with Crippen LogP contribution in [0.3, 0.4) is 0 Å². The highest BCUT2D eigenvalue weighted by Gasteiger charge is 2.41. The van der Waals surface area contributed by atoms with Crippen LogP contribution in [0.25, 0.3) is 0 Å². The van der Waals surface area contributed by atoms with Crippen molar-refractivity contribution in [3.8, 4) is 11.5 Å². The summed E-state index contributed by atoms with van der Waals surface area (Å²) in [5.74, 6) is 1.70. The van der Waals surface area contributed by atoms with Crippen molar-refractivity contribution >= 4 is 15.9 Å². The number of hydrogen-bond acceptors (Lipinski definition) is 2. The summed E-state index contributed by atoms with van der Waals surface area (Å²) in [4.78, 5) is 0. The van der Waals surface area contributed by atoms with Crippen molar-refractivity contribution in [1.82, 2.24) is 0 Å². The molecule has 0 N–H and O–H groups in total. The van der Waals surface area contributed by atoms with Gasteiger partial charge in [0.25, 0.3) is 0 Å². The van der Waals surface area contributed by atoms with Gasteiger partial charge in [-0.15, -0.1) is 0 Å². The van der Waals surface area contributed by atoms with E-state index in [1.165, 1.54) is 38.5 Å². The SMILES string of the molecule is CCCCCCCCC(Oc1ccc(Br)c(OC)c1)C(C)(C)C(C)(C)C. The molecule has 0 radical (unpaired) electrons. The summed E-state index contributed by atoms with van der Waals surface area (Å²) < 4.78 is 12.9. The lowest BCUT2D eigenvalue weighted by Gasteiger charge is -2.45. The van der Waals surface area contributed by atoms with E-state index in [-0.39, 0.29) is 16.9 Å². The molecule has 26 heavy (non-hydrogen) atoms. The maximum absolute atomic E-state index is 6.53. The predicted octanol–water partition coefficient (Wildman–Crippen LogP) is 8.03. The van der Waals surface area contributed by atoms with Crippen LogP contribution in [0.5, 0.6) is 11.5 Å². The molecule has 1 rings (SSSR count). The number of ether oxygens (including phenoxy) is 2. The van der Waals surface area contributed by atoms with Crippen molar-refractivity contribution in [2.45, 2.75) is 92.6 Å². The lowest BCUT2D eigenvalue weighted by Crippen LogP contribution is -2.44. The van der Waals surface area contributed by atoms with E-state index in [1.54, 1.807) is 7.11 Å². The van der Waals surface area contributed by atoms with E-state index in [0.717, 1.165) is 22.4 Å². The fourth-order valence-electron chi connectivity index (χ4n) is 3.04. The van der Waals surface area contributed by atoms with Crippen molar-refractivity contribution in [2.75, 3.05) is 7.11 Å². The smallest absolute Gasteiger partial charge is 0.136 e. The van der Waals surface area contributed by atoms with Crippen LogP contribution in [0.1, 0.15) is 86.5 Å². The van der Waals surface area contributed by atoms with E-state index in [9.17, 15) is 0 Å². The Morgan fingerprint density at radius 2 is 1.58 bits per heavy atom. The largest absolute Gasteiger partial charge is 0.495 e. The summed E-state index contributed by atoms with van der Waals surface area (Å²) in [7, 11) is 1.69. The van der Waals surface area contributed by atoms with Crippen LogP contribution in [0.15, 0.2) is 22.7 Å². The number of halogens is 1. The number of methoxy groups -OCH3 is 1. The van der Waals surface area contributed by atoms with E-state index in [4.69, 9.17) is 9.47 Å². The van der Waals surface area contributed by atoms with E-state index < -0.39 is 0 Å². The minimum absolute atomic E-state index is 0.0662. The number of unbranched alkanes of at least 4 members (excludes halogenated alkanes) is 5. The fourth-order valence-corrected chi connectivity index (χ4v) is 3.45. The second-order valence-corrected chi connectivity index (χ2v) is 9.79. The van der Waals surface area contributed by atoms with Gasteiger partial charge in [0.15, 0.2) is 0 Å². The third-order valence-corrected chi connectivity index (χ3v) is 6.61. The molecular formula is C23H39BrO2. The van der Waals surface area contributed by atoms with Gasteiger partial charge in [0.2, 0.25) is 0 Å². The first kappa shape index (κ1) is 23.3. The lowest BCUT2D eigenvalue weighted by atomic mass is 9.65. The monoisotopic (exact) mass is 426 g/mol.